The van der Waals surface area contributed by atoms with Crippen molar-refractivity contribution in [1.29, 1.82) is 0 Å². The molecule has 0 aliphatic heterocycles. The van der Waals surface area contributed by atoms with Gasteiger partial charge >= 0.3 is 0 Å². The van der Waals surface area contributed by atoms with E-state index < -0.39 is 6.04 Å². The maximum Gasteiger partial charge on any atom is 0.135 e. The third-order valence-corrected chi connectivity index (χ3v) is 3.04. The fraction of sp³-hybridized carbons (Fsp3) is 0.143. The molecule has 0 radical (unpaired) electrons. The van der Waals surface area contributed by atoms with Crippen LogP contribution < -0.4 is 10.5 Å². The lowest BCUT2D eigenvalue weighted by Crippen LogP contribution is -2.09. The summed E-state index contributed by atoms with van der Waals surface area (Å²) in [5, 5.41) is 0. The molecule has 4 heteroatoms. The fourth-order valence-corrected chi connectivity index (χ4v) is 1.94. The number of nitrogens with two attached hydrogens (primary N) is 1. The van der Waals surface area contributed by atoms with Gasteiger partial charge in [0.25, 0.3) is 0 Å². The Balaban J connectivity index is 2.34. The lowest BCUT2D eigenvalue weighted by Gasteiger charge is -2.14. The first-order valence-corrected chi connectivity index (χ1v) is 6.34. The van der Waals surface area contributed by atoms with Crippen molar-refractivity contribution >= 4 is 15.9 Å². The standard InChI is InChI=1S/C14H13BrFNO/c1-9(17)14-12(16)3-2-4-13(14)18-11-7-5-10(15)6-8-11/h2-9H,17H2,1H3/t9-/m1/s1. The zero-order chi connectivity index (χ0) is 13.1. The van der Waals surface area contributed by atoms with E-state index in [4.69, 9.17) is 10.5 Å². The van der Waals surface area contributed by atoms with Crippen LogP contribution in [-0.4, -0.2) is 0 Å². The van der Waals surface area contributed by atoms with E-state index in [0.29, 0.717) is 17.1 Å². The molecule has 0 unspecified atom stereocenters. The van der Waals surface area contributed by atoms with Gasteiger partial charge in [0.15, 0.2) is 0 Å². The van der Waals surface area contributed by atoms with Gasteiger partial charge in [-0.3, -0.25) is 0 Å². The van der Waals surface area contributed by atoms with Gasteiger partial charge in [-0.25, -0.2) is 4.39 Å². The molecule has 18 heavy (non-hydrogen) atoms. The Kier molecular flexibility index (Phi) is 3.99. The second kappa shape index (κ2) is 5.50. The molecule has 2 nitrogen and oxygen atoms in total. The summed E-state index contributed by atoms with van der Waals surface area (Å²) >= 11 is 3.34. The number of hydrogen-bond donors (Lipinski definition) is 1. The highest BCUT2D eigenvalue weighted by molar-refractivity contribution is 9.10. The van der Waals surface area contributed by atoms with E-state index in [1.165, 1.54) is 6.07 Å². The number of halogens is 2. The van der Waals surface area contributed by atoms with Crippen molar-refractivity contribution in [2.24, 2.45) is 5.73 Å². The molecule has 0 heterocycles. The Hall–Kier alpha value is -1.39. The van der Waals surface area contributed by atoms with Gasteiger partial charge in [-0.15, -0.1) is 0 Å². The number of benzene rings is 2. The molecule has 2 rings (SSSR count). The van der Waals surface area contributed by atoms with E-state index in [1.807, 2.05) is 12.1 Å². The van der Waals surface area contributed by atoms with E-state index in [1.54, 1.807) is 31.2 Å². The summed E-state index contributed by atoms with van der Waals surface area (Å²) in [7, 11) is 0. The number of hydrogen-bond acceptors (Lipinski definition) is 2. The van der Waals surface area contributed by atoms with Crippen molar-refractivity contribution in [2.75, 3.05) is 0 Å². The molecule has 0 spiro atoms. The molecule has 0 saturated heterocycles. The normalized spacial score (nSPS) is 12.2. The largest absolute Gasteiger partial charge is 0.457 e. The van der Waals surface area contributed by atoms with E-state index in [2.05, 4.69) is 15.9 Å². The van der Waals surface area contributed by atoms with Crippen LogP contribution >= 0.6 is 15.9 Å². The van der Waals surface area contributed by atoms with Crippen molar-refractivity contribution < 1.29 is 9.13 Å². The average molecular weight is 310 g/mol. The Labute approximate surface area is 114 Å². The molecule has 94 valence electrons. The van der Waals surface area contributed by atoms with Crippen LogP contribution in [0.1, 0.15) is 18.5 Å². The molecule has 1 atom stereocenters. The monoisotopic (exact) mass is 309 g/mol. The van der Waals surface area contributed by atoms with Crippen molar-refractivity contribution in [3.8, 4) is 11.5 Å². The van der Waals surface area contributed by atoms with Gasteiger partial charge in [0.1, 0.15) is 17.3 Å². The lowest BCUT2D eigenvalue weighted by atomic mass is 10.1. The summed E-state index contributed by atoms with van der Waals surface area (Å²) in [6.07, 6.45) is 0. The van der Waals surface area contributed by atoms with Crippen LogP contribution in [0.3, 0.4) is 0 Å². The number of ether oxygens (including phenoxy) is 1. The minimum atomic E-state index is -0.420. The predicted molar refractivity (Wildman–Crippen MR) is 73.2 cm³/mol. The molecular formula is C14H13BrFNO. The van der Waals surface area contributed by atoms with Gasteiger partial charge in [0.2, 0.25) is 0 Å². The van der Waals surface area contributed by atoms with Crippen molar-refractivity contribution in [1.82, 2.24) is 0 Å². The van der Waals surface area contributed by atoms with Crippen LogP contribution in [0.5, 0.6) is 11.5 Å². The first kappa shape index (κ1) is 13.1. The Morgan fingerprint density at radius 2 is 1.83 bits per heavy atom. The van der Waals surface area contributed by atoms with E-state index >= 15 is 0 Å². The summed E-state index contributed by atoms with van der Waals surface area (Å²) in [6, 6.07) is 11.6. The zero-order valence-electron chi connectivity index (χ0n) is 9.86. The third kappa shape index (κ3) is 2.89. The molecule has 0 saturated carbocycles. The molecule has 0 bridgehead atoms. The molecular weight excluding hydrogens is 297 g/mol. The summed E-state index contributed by atoms with van der Waals surface area (Å²) in [5.41, 5.74) is 6.15. The van der Waals surface area contributed by atoms with Crippen molar-refractivity contribution in [3.05, 3.63) is 58.3 Å². The minimum absolute atomic E-state index is 0.348. The fourth-order valence-electron chi connectivity index (χ4n) is 1.68. The summed E-state index contributed by atoms with van der Waals surface area (Å²) in [4.78, 5) is 0. The van der Waals surface area contributed by atoms with E-state index in [0.717, 1.165) is 4.47 Å². The zero-order valence-corrected chi connectivity index (χ0v) is 11.4. The van der Waals surface area contributed by atoms with Gasteiger partial charge < -0.3 is 10.5 Å². The summed E-state index contributed by atoms with van der Waals surface area (Å²) < 4.78 is 20.3. The Morgan fingerprint density at radius 1 is 1.17 bits per heavy atom. The maximum atomic E-state index is 13.7. The summed E-state index contributed by atoms with van der Waals surface area (Å²) in [6.45, 7) is 1.73. The van der Waals surface area contributed by atoms with Gasteiger partial charge in [0, 0.05) is 16.1 Å². The highest BCUT2D eigenvalue weighted by atomic mass is 79.9. The maximum absolute atomic E-state index is 13.7. The highest BCUT2D eigenvalue weighted by Crippen LogP contribution is 2.31. The first-order chi connectivity index (χ1) is 8.58. The second-order valence-electron chi connectivity index (χ2n) is 4.00. The summed E-state index contributed by atoms with van der Waals surface area (Å²) in [5.74, 6) is 0.748. The highest BCUT2D eigenvalue weighted by Gasteiger charge is 2.14. The Morgan fingerprint density at radius 3 is 2.44 bits per heavy atom. The SMILES string of the molecule is C[C@@H](N)c1c(F)cccc1Oc1ccc(Br)cc1. The minimum Gasteiger partial charge on any atom is -0.457 e. The van der Waals surface area contributed by atoms with Crippen LogP contribution in [-0.2, 0) is 0 Å². The van der Waals surface area contributed by atoms with Crippen LogP contribution in [0.15, 0.2) is 46.9 Å². The Bertz CT molecular complexity index is 540. The van der Waals surface area contributed by atoms with E-state index in [-0.39, 0.29) is 5.82 Å². The molecule has 0 aliphatic rings. The molecule has 0 fully saturated rings. The van der Waals surface area contributed by atoms with Crippen LogP contribution in [0.25, 0.3) is 0 Å². The third-order valence-electron chi connectivity index (χ3n) is 2.51. The first-order valence-electron chi connectivity index (χ1n) is 5.55. The van der Waals surface area contributed by atoms with Crippen LogP contribution in [0, 0.1) is 5.82 Å². The van der Waals surface area contributed by atoms with Gasteiger partial charge in [-0.1, -0.05) is 22.0 Å². The van der Waals surface area contributed by atoms with Gasteiger partial charge in [0.05, 0.1) is 0 Å². The second-order valence-corrected chi connectivity index (χ2v) is 4.91. The molecule has 2 aromatic carbocycles. The topological polar surface area (TPSA) is 35.2 Å². The quantitative estimate of drug-likeness (QED) is 0.912. The molecule has 0 aromatic heterocycles. The lowest BCUT2D eigenvalue weighted by molar-refractivity contribution is 0.461. The smallest absolute Gasteiger partial charge is 0.135 e. The van der Waals surface area contributed by atoms with Crippen molar-refractivity contribution in [2.45, 2.75) is 13.0 Å². The number of rotatable bonds is 3. The van der Waals surface area contributed by atoms with Crippen LogP contribution in [0.4, 0.5) is 4.39 Å². The predicted octanol–water partition coefficient (Wildman–Crippen LogP) is 4.40. The molecule has 0 amide bonds. The van der Waals surface area contributed by atoms with E-state index in [9.17, 15) is 4.39 Å². The molecule has 2 N–H and O–H groups in total. The molecule has 2 aromatic rings. The van der Waals surface area contributed by atoms with Gasteiger partial charge in [-0.2, -0.15) is 0 Å². The van der Waals surface area contributed by atoms with Crippen molar-refractivity contribution in [3.63, 3.8) is 0 Å². The van der Waals surface area contributed by atoms with Crippen LogP contribution in [0.2, 0.25) is 0 Å². The average Bonchev–Trinajstić information content (AvgIpc) is 2.32. The molecule has 0 aliphatic carbocycles. The van der Waals surface area contributed by atoms with Gasteiger partial charge in [-0.05, 0) is 43.3 Å².